The number of fused-ring (bicyclic) bond motifs is 2. The van der Waals surface area contributed by atoms with Crippen LogP contribution in [0.1, 0.15) is 54.5 Å². The van der Waals surface area contributed by atoms with Gasteiger partial charge in [-0.05, 0) is 24.3 Å². The summed E-state index contributed by atoms with van der Waals surface area (Å²) in [5.74, 6) is -1.56. The maximum Gasteiger partial charge on any atom is 0.375 e. The lowest BCUT2D eigenvalue weighted by Crippen LogP contribution is -2.44. The highest BCUT2D eigenvalue weighted by Gasteiger charge is 2.46. The van der Waals surface area contributed by atoms with Crippen LogP contribution in [-0.4, -0.2) is 37.3 Å². The van der Waals surface area contributed by atoms with Gasteiger partial charge < -0.3 is 5.11 Å². The van der Waals surface area contributed by atoms with Crippen LogP contribution in [0.15, 0.2) is 29.3 Å². The number of carbonyl (C=O) groups is 2. The number of carbonyl (C=O) groups excluding carboxylic acids is 1. The molecule has 0 amide bonds. The molecule has 134 valence electrons. The summed E-state index contributed by atoms with van der Waals surface area (Å²) < 4.78 is 1.50. The predicted molar refractivity (Wildman–Crippen MR) is 94.9 cm³/mol. The van der Waals surface area contributed by atoms with Crippen LogP contribution >= 0.6 is 0 Å². The minimum Gasteiger partial charge on any atom is -0.475 e. The molecule has 1 aromatic carbocycles. The van der Waals surface area contributed by atoms with Gasteiger partial charge >= 0.3 is 5.97 Å². The van der Waals surface area contributed by atoms with Crippen LogP contribution in [0, 0.1) is 18.3 Å². The fraction of sp³-hybridized carbons (Fsp3) is 0.421. The maximum absolute atomic E-state index is 13.0. The first kappa shape index (κ1) is 16.6. The van der Waals surface area contributed by atoms with Crippen LogP contribution in [0.3, 0.4) is 0 Å². The van der Waals surface area contributed by atoms with Crippen molar-refractivity contribution < 1.29 is 14.7 Å². The molecule has 2 aliphatic rings. The Bertz CT molecular complexity index is 940. The average Bonchev–Trinajstić information content (AvgIpc) is 2.96. The van der Waals surface area contributed by atoms with Crippen molar-refractivity contribution >= 4 is 23.4 Å². The van der Waals surface area contributed by atoms with Gasteiger partial charge in [-0.1, -0.05) is 43.7 Å². The first-order valence-electron chi connectivity index (χ1n) is 8.62. The highest BCUT2D eigenvalue weighted by molar-refractivity contribution is 6.10. The van der Waals surface area contributed by atoms with Gasteiger partial charge in [0.2, 0.25) is 5.95 Å². The molecule has 0 spiro atoms. The summed E-state index contributed by atoms with van der Waals surface area (Å²) in [6.45, 7) is 6.09. The quantitative estimate of drug-likeness (QED) is 0.896. The van der Waals surface area contributed by atoms with E-state index in [1.165, 1.54) is 4.68 Å². The number of benzene rings is 1. The summed E-state index contributed by atoms with van der Waals surface area (Å²) >= 11 is 0. The second kappa shape index (κ2) is 5.59. The normalized spacial score (nSPS) is 23.8. The van der Waals surface area contributed by atoms with Gasteiger partial charge in [-0.2, -0.15) is 4.98 Å². The number of aryl methyl sites for hydroxylation is 1. The van der Waals surface area contributed by atoms with Crippen molar-refractivity contribution in [2.75, 3.05) is 0 Å². The van der Waals surface area contributed by atoms with Crippen LogP contribution in [0.2, 0.25) is 0 Å². The van der Waals surface area contributed by atoms with Crippen molar-refractivity contribution in [1.29, 1.82) is 0 Å². The van der Waals surface area contributed by atoms with Gasteiger partial charge in [0.1, 0.15) is 5.78 Å². The molecule has 2 heterocycles. The number of aliphatic imine (C=N–C) groups is 1. The van der Waals surface area contributed by atoms with Crippen molar-refractivity contribution in [3.05, 3.63) is 41.2 Å². The number of aromatic nitrogens is 3. The molecule has 1 fully saturated rings. The first-order valence-corrected chi connectivity index (χ1v) is 8.62. The van der Waals surface area contributed by atoms with E-state index in [4.69, 9.17) is 0 Å². The average molecular weight is 352 g/mol. The predicted octanol–water partition coefficient (Wildman–Crippen LogP) is 2.97. The summed E-state index contributed by atoms with van der Waals surface area (Å²) in [6, 6.07) is 7.46. The molecular formula is C19H20N4O3. The zero-order valence-corrected chi connectivity index (χ0v) is 14.9. The Balaban J connectivity index is 1.91. The fourth-order valence-electron chi connectivity index (χ4n) is 3.93. The second-order valence-corrected chi connectivity index (χ2v) is 7.91. The number of nitrogens with zero attached hydrogens (tertiary/aromatic N) is 4. The molecule has 2 atom stereocenters. The van der Waals surface area contributed by atoms with Crippen LogP contribution in [0.5, 0.6) is 0 Å². The standard InChI is InChI=1S/C19H20N4O3/c1-10-4-6-11(7-5-10)15-14-12(8-19(2,3)9-13(14)24)20-18-21-16(17(25)26)22-23(15)18/h4-7,14-15H,8-9H2,1-3H3,(H,25,26). The molecule has 0 saturated heterocycles. The van der Waals surface area contributed by atoms with Crippen molar-refractivity contribution in [3.63, 3.8) is 0 Å². The molecule has 1 aliphatic heterocycles. The van der Waals surface area contributed by atoms with E-state index in [0.717, 1.165) is 16.8 Å². The molecule has 7 nitrogen and oxygen atoms in total. The fourth-order valence-corrected chi connectivity index (χ4v) is 3.93. The van der Waals surface area contributed by atoms with Gasteiger partial charge in [0, 0.05) is 12.1 Å². The molecule has 1 aromatic heterocycles. The van der Waals surface area contributed by atoms with Gasteiger partial charge in [-0.25, -0.2) is 14.5 Å². The Morgan fingerprint density at radius 2 is 1.92 bits per heavy atom. The molecule has 2 unspecified atom stereocenters. The Kier molecular flexibility index (Phi) is 3.57. The second-order valence-electron chi connectivity index (χ2n) is 7.91. The van der Waals surface area contributed by atoms with E-state index in [1.807, 2.05) is 45.0 Å². The van der Waals surface area contributed by atoms with E-state index < -0.39 is 17.9 Å². The van der Waals surface area contributed by atoms with Crippen molar-refractivity contribution in [3.8, 4) is 0 Å². The molecule has 2 aromatic rings. The molecule has 26 heavy (non-hydrogen) atoms. The number of hydrogen-bond acceptors (Lipinski definition) is 5. The number of hydrogen-bond donors (Lipinski definition) is 1. The first-order chi connectivity index (χ1) is 12.2. The van der Waals surface area contributed by atoms with Gasteiger partial charge in [-0.15, -0.1) is 5.10 Å². The topological polar surface area (TPSA) is 97.4 Å². The Morgan fingerprint density at radius 1 is 1.23 bits per heavy atom. The van der Waals surface area contributed by atoms with E-state index in [-0.39, 0.29) is 23.0 Å². The summed E-state index contributed by atoms with van der Waals surface area (Å²) in [7, 11) is 0. The third-order valence-electron chi connectivity index (χ3n) is 5.06. The number of ketones is 1. The number of carboxylic acids is 1. The summed E-state index contributed by atoms with van der Waals surface area (Å²) in [6.07, 6.45) is 1.15. The molecular weight excluding hydrogens is 332 g/mol. The summed E-state index contributed by atoms with van der Waals surface area (Å²) in [5.41, 5.74) is 2.62. The van der Waals surface area contributed by atoms with Crippen molar-refractivity contribution in [1.82, 2.24) is 14.8 Å². The number of aromatic carboxylic acids is 1. The minimum absolute atomic E-state index is 0.114. The van der Waals surface area contributed by atoms with E-state index in [1.54, 1.807) is 0 Å². The third-order valence-corrected chi connectivity index (χ3v) is 5.06. The zero-order valence-electron chi connectivity index (χ0n) is 14.9. The Hall–Kier alpha value is -2.83. The minimum atomic E-state index is -1.20. The van der Waals surface area contributed by atoms with E-state index >= 15 is 0 Å². The van der Waals surface area contributed by atoms with Crippen molar-refractivity contribution in [2.45, 2.75) is 39.7 Å². The van der Waals surface area contributed by atoms with Crippen LogP contribution < -0.4 is 0 Å². The number of Topliss-reactive ketones (excluding diaryl/α,β-unsaturated/α-hetero) is 1. The van der Waals surface area contributed by atoms with Gasteiger partial charge in [0.25, 0.3) is 5.82 Å². The third kappa shape index (κ3) is 2.64. The van der Waals surface area contributed by atoms with Crippen LogP contribution in [0.4, 0.5) is 5.95 Å². The molecule has 4 rings (SSSR count). The van der Waals surface area contributed by atoms with Gasteiger partial charge in [-0.3, -0.25) is 4.79 Å². The summed E-state index contributed by atoms with van der Waals surface area (Å²) in [5, 5.41) is 13.4. The molecule has 1 N–H and O–H groups in total. The highest BCUT2D eigenvalue weighted by atomic mass is 16.4. The largest absolute Gasteiger partial charge is 0.475 e. The lowest BCUT2D eigenvalue weighted by Gasteiger charge is -2.40. The van der Waals surface area contributed by atoms with Crippen molar-refractivity contribution in [2.24, 2.45) is 16.3 Å². The van der Waals surface area contributed by atoms with Gasteiger partial charge in [0.05, 0.1) is 12.0 Å². The van der Waals surface area contributed by atoms with E-state index in [0.29, 0.717) is 12.8 Å². The molecule has 0 radical (unpaired) electrons. The Morgan fingerprint density at radius 3 is 2.58 bits per heavy atom. The molecule has 7 heteroatoms. The Labute approximate surface area is 150 Å². The smallest absolute Gasteiger partial charge is 0.375 e. The lowest BCUT2D eigenvalue weighted by molar-refractivity contribution is -0.124. The maximum atomic E-state index is 13.0. The number of carboxylic acid groups (broad SMARTS) is 1. The number of rotatable bonds is 2. The summed E-state index contributed by atoms with van der Waals surface area (Å²) in [4.78, 5) is 32.9. The van der Waals surface area contributed by atoms with Crippen LogP contribution in [-0.2, 0) is 4.79 Å². The van der Waals surface area contributed by atoms with Gasteiger partial charge in [0.15, 0.2) is 0 Å². The van der Waals surface area contributed by atoms with E-state index in [2.05, 4.69) is 15.1 Å². The highest BCUT2D eigenvalue weighted by Crippen LogP contribution is 2.44. The monoisotopic (exact) mass is 352 g/mol. The van der Waals surface area contributed by atoms with Crippen LogP contribution in [0.25, 0.3) is 0 Å². The lowest BCUT2D eigenvalue weighted by atomic mass is 9.67. The van der Waals surface area contributed by atoms with E-state index in [9.17, 15) is 14.7 Å². The SMILES string of the molecule is Cc1ccc(C2C3C(=O)CC(C)(C)CC3=Nc3nc(C(=O)O)nn32)cc1. The molecule has 1 saturated carbocycles. The molecule has 0 bridgehead atoms. The zero-order chi connectivity index (χ0) is 18.6. The molecule has 1 aliphatic carbocycles.